The van der Waals surface area contributed by atoms with Crippen LogP contribution in [-0.4, -0.2) is 47.7 Å². The summed E-state index contributed by atoms with van der Waals surface area (Å²) in [6.07, 6.45) is -8.10. The van der Waals surface area contributed by atoms with Crippen molar-refractivity contribution in [1.82, 2.24) is 14.8 Å². The molecule has 1 fully saturated rings. The van der Waals surface area contributed by atoms with Crippen LogP contribution in [0.1, 0.15) is 96.5 Å². The lowest BCUT2D eigenvalue weighted by molar-refractivity contribution is -0.140. The molecule has 0 bridgehead atoms. The molecule has 1 heterocycles. The van der Waals surface area contributed by atoms with Crippen LogP contribution in [0, 0.1) is 31.4 Å². The molecule has 280 valence electrons. The van der Waals surface area contributed by atoms with Crippen LogP contribution >= 0.6 is 0 Å². The van der Waals surface area contributed by atoms with Crippen molar-refractivity contribution in [1.29, 1.82) is 0 Å². The monoisotopic (exact) mass is 729 g/mol. The molecule has 0 radical (unpaired) electrons. The quantitative estimate of drug-likeness (QED) is 0.162. The van der Waals surface area contributed by atoms with Crippen molar-refractivity contribution in [2.45, 2.75) is 90.2 Å². The van der Waals surface area contributed by atoms with E-state index in [1.165, 1.54) is 0 Å². The molecule has 14 heteroatoms. The number of carboxylic acids is 1. The standard InChI is InChI=1S/C37H43F8N3O3/c1-19(2)11-25(48-18-23(9-10-47(5)6)27(15-30(48)49)36(40,41)42)17-46-29(16-31(50)51)33-34(38)26(14-28(35(33)39)37(43,44)45)32-20(3)12-24(13-21(32)4)22-7-8-22/h12-15,18-19,22,25,29,46H,7-11,16-17H2,1-6H3,(H,50,51). The third kappa shape index (κ3) is 9.56. The van der Waals surface area contributed by atoms with E-state index in [1.54, 1.807) is 58.8 Å². The smallest absolute Gasteiger partial charge is 0.419 e. The zero-order valence-corrected chi connectivity index (χ0v) is 29.3. The fourth-order valence-electron chi connectivity index (χ4n) is 6.68. The molecule has 4 rings (SSSR count). The average Bonchev–Trinajstić information content (AvgIpc) is 3.83. The molecule has 0 aliphatic heterocycles. The van der Waals surface area contributed by atoms with Gasteiger partial charge in [0.15, 0.2) is 0 Å². The second kappa shape index (κ2) is 15.4. The number of aryl methyl sites for hydroxylation is 2. The average molecular weight is 730 g/mol. The van der Waals surface area contributed by atoms with E-state index in [2.05, 4.69) is 5.32 Å². The molecule has 1 saturated carbocycles. The molecule has 6 nitrogen and oxygen atoms in total. The lowest BCUT2D eigenvalue weighted by Crippen LogP contribution is -2.37. The number of pyridine rings is 1. The van der Waals surface area contributed by atoms with Crippen LogP contribution in [0.25, 0.3) is 11.1 Å². The summed E-state index contributed by atoms with van der Waals surface area (Å²) < 4.78 is 118. The summed E-state index contributed by atoms with van der Waals surface area (Å²) in [6, 6.07) is 1.57. The summed E-state index contributed by atoms with van der Waals surface area (Å²) in [5.74, 6) is -4.81. The van der Waals surface area contributed by atoms with Gasteiger partial charge in [-0.2, -0.15) is 26.3 Å². The van der Waals surface area contributed by atoms with Gasteiger partial charge in [-0.3, -0.25) is 9.59 Å². The number of benzene rings is 2. The van der Waals surface area contributed by atoms with Crippen LogP contribution < -0.4 is 10.9 Å². The van der Waals surface area contributed by atoms with Gasteiger partial charge in [0.25, 0.3) is 5.56 Å². The van der Waals surface area contributed by atoms with Crippen molar-refractivity contribution >= 4 is 5.97 Å². The van der Waals surface area contributed by atoms with Gasteiger partial charge in [0, 0.05) is 48.6 Å². The first kappa shape index (κ1) is 40.0. The van der Waals surface area contributed by atoms with Crippen molar-refractivity contribution in [3.8, 4) is 11.1 Å². The molecular weight excluding hydrogens is 686 g/mol. The van der Waals surface area contributed by atoms with Crippen LogP contribution in [0.15, 0.2) is 35.3 Å². The number of nitrogens with one attached hydrogen (secondary N) is 1. The first-order valence-electron chi connectivity index (χ1n) is 16.7. The molecule has 2 atom stereocenters. The minimum absolute atomic E-state index is 0.0739. The predicted octanol–water partition coefficient (Wildman–Crippen LogP) is 8.82. The summed E-state index contributed by atoms with van der Waals surface area (Å²) in [5.41, 5.74) is -3.75. The Bertz CT molecular complexity index is 1790. The first-order chi connectivity index (χ1) is 23.6. The van der Waals surface area contributed by atoms with E-state index in [1.807, 2.05) is 0 Å². The molecule has 51 heavy (non-hydrogen) atoms. The van der Waals surface area contributed by atoms with Crippen molar-refractivity contribution in [3.63, 3.8) is 0 Å². The van der Waals surface area contributed by atoms with E-state index in [0.29, 0.717) is 29.2 Å². The van der Waals surface area contributed by atoms with Gasteiger partial charge >= 0.3 is 18.3 Å². The Morgan fingerprint density at radius 2 is 1.55 bits per heavy atom. The van der Waals surface area contributed by atoms with E-state index in [9.17, 15) is 41.0 Å². The molecule has 1 aliphatic carbocycles. The molecule has 3 aromatic rings. The number of hydrogen-bond donors (Lipinski definition) is 2. The third-order valence-corrected chi connectivity index (χ3v) is 9.17. The molecule has 1 aromatic heterocycles. The van der Waals surface area contributed by atoms with Gasteiger partial charge in [-0.1, -0.05) is 26.0 Å². The number of rotatable bonds is 14. The fourth-order valence-corrected chi connectivity index (χ4v) is 6.68. The van der Waals surface area contributed by atoms with Gasteiger partial charge in [0.2, 0.25) is 0 Å². The highest BCUT2D eigenvalue weighted by Crippen LogP contribution is 2.45. The first-order valence-corrected chi connectivity index (χ1v) is 16.7. The van der Waals surface area contributed by atoms with Crippen molar-refractivity contribution in [2.24, 2.45) is 5.92 Å². The predicted molar refractivity (Wildman–Crippen MR) is 178 cm³/mol. The molecule has 0 spiro atoms. The molecule has 2 N–H and O–H groups in total. The maximum absolute atomic E-state index is 16.6. The summed E-state index contributed by atoms with van der Waals surface area (Å²) in [6.45, 7) is 6.56. The second-order valence-corrected chi connectivity index (χ2v) is 14.2. The minimum atomic E-state index is -5.28. The van der Waals surface area contributed by atoms with Crippen LogP contribution in [0.5, 0.6) is 0 Å². The number of alkyl halides is 6. The lowest BCUT2D eigenvalue weighted by atomic mass is 9.87. The van der Waals surface area contributed by atoms with Gasteiger partial charge in [-0.25, -0.2) is 8.78 Å². The Balaban J connectivity index is 1.85. The molecule has 2 aromatic carbocycles. The van der Waals surface area contributed by atoms with E-state index < -0.39 is 82.8 Å². The fraction of sp³-hybridized carbons (Fsp3) is 0.514. The van der Waals surface area contributed by atoms with Gasteiger partial charge in [0.1, 0.15) is 11.6 Å². The van der Waals surface area contributed by atoms with Crippen LogP contribution in [-0.2, 0) is 23.6 Å². The van der Waals surface area contributed by atoms with E-state index in [4.69, 9.17) is 0 Å². The number of nitrogens with zero attached hydrogens (tertiary/aromatic N) is 2. The largest absolute Gasteiger partial charge is 0.481 e. The van der Waals surface area contributed by atoms with E-state index >= 15 is 8.78 Å². The number of aliphatic carboxylic acids is 1. The minimum Gasteiger partial charge on any atom is -0.481 e. The number of carboxylic acid groups (broad SMARTS) is 1. The number of carbonyl (C=O) groups is 1. The van der Waals surface area contributed by atoms with Gasteiger partial charge < -0.3 is 19.9 Å². The Morgan fingerprint density at radius 1 is 0.961 bits per heavy atom. The van der Waals surface area contributed by atoms with Crippen molar-refractivity contribution in [2.75, 3.05) is 27.2 Å². The molecule has 0 amide bonds. The SMILES string of the molecule is Cc1cc(C2CC2)cc(C)c1-c1cc(C(F)(F)F)c(F)c(C(CC(=O)O)NCC(CC(C)C)n2cc(CCN(C)C)c(C(F)(F)F)cc2=O)c1F. The lowest BCUT2D eigenvalue weighted by Gasteiger charge is -2.28. The Hall–Kier alpha value is -3.78. The molecule has 1 aliphatic rings. The van der Waals surface area contributed by atoms with Crippen molar-refractivity contribution < 1.29 is 45.0 Å². The normalized spacial score (nSPS) is 15.1. The molecular formula is C37H43F8N3O3. The summed E-state index contributed by atoms with van der Waals surface area (Å²) in [4.78, 5) is 26.9. The number of halogens is 8. The topological polar surface area (TPSA) is 74.6 Å². The van der Waals surface area contributed by atoms with Crippen LogP contribution in [0.4, 0.5) is 35.1 Å². The molecule has 0 saturated heterocycles. The summed E-state index contributed by atoms with van der Waals surface area (Å²) in [7, 11) is 3.33. The maximum atomic E-state index is 16.6. The number of hydrogen-bond acceptors (Lipinski definition) is 4. The van der Waals surface area contributed by atoms with E-state index in [-0.39, 0.29) is 36.4 Å². The summed E-state index contributed by atoms with van der Waals surface area (Å²) in [5, 5.41) is 12.5. The van der Waals surface area contributed by atoms with Crippen molar-refractivity contribution in [3.05, 3.63) is 91.4 Å². The summed E-state index contributed by atoms with van der Waals surface area (Å²) >= 11 is 0. The zero-order valence-electron chi connectivity index (χ0n) is 29.3. The van der Waals surface area contributed by atoms with Crippen LogP contribution in [0.2, 0.25) is 0 Å². The number of aromatic nitrogens is 1. The Kier molecular flexibility index (Phi) is 12.1. The third-order valence-electron chi connectivity index (χ3n) is 9.17. The highest BCUT2D eigenvalue weighted by atomic mass is 19.4. The van der Waals surface area contributed by atoms with Gasteiger partial charge in [0.05, 0.1) is 17.5 Å². The number of likely N-dealkylation sites (N-methyl/N-ethyl adjacent to an activating group) is 1. The van der Waals surface area contributed by atoms with E-state index in [0.717, 1.165) is 29.2 Å². The maximum Gasteiger partial charge on any atom is 0.419 e. The Labute approximate surface area is 291 Å². The van der Waals surface area contributed by atoms with Crippen LogP contribution in [0.3, 0.4) is 0 Å². The van der Waals surface area contributed by atoms with Gasteiger partial charge in [-0.15, -0.1) is 0 Å². The Morgan fingerprint density at radius 3 is 2.04 bits per heavy atom. The molecule has 2 unspecified atom stereocenters. The highest BCUT2D eigenvalue weighted by molar-refractivity contribution is 5.74. The second-order valence-electron chi connectivity index (χ2n) is 14.2. The highest BCUT2D eigenvalue weighted by Gasteiger charge is 2.40. The zero-order chi connectivity index (χ0) is 38.2. The van der Waals surface area contributed by atoms with Gasteiger partial charge in [-0.05, 0) is 99.3 Å².